The van der Waals surface area contributed by atoms with E-state index in [2.05, 4.69) is 45.8 Å². The predicted octanol–water partition coefficient (Wildman–Crippen LogP) is 3.95. The van der Waals surface area contributed by atoms with Gasteiger partial charge in [0.2, 0.25) is 0 Å². The molecule has 0 saturated heterocycles. The van der Waals surface area contributed by atoms with Gasteiger partial charge in [0.15, 0.2) is 0 Å². The van der Waals surface area contributed by atoms with Gasteiger partial charge in [-0.05, 0) is 12.0 Å². The molecule has 0 atom stereocenters. The molecule has 1 rings (SSSR count). The van der Waals surface area contributed by atoms with Gasteiger partial charge in [0.05, 0.1) is 0 Å². The van der Waals surface area contributed by atoms with E-state index in [-0.39, 0.29) is 13.2 Å². The predicted molar refractivity (Wildman–Crippen MR) is 53.4 cm³/mol. The van der Waals surface area contributed by atoms with Gasteiger partial charge in [-0.1, -0.05) is 37.3 Å². The standard InChI is InChI=1S/C8H9.2BrH.Zn/c1-2-8-6-4-3-5-7-8;;;/h2-7H,1H3;2*1H;/q;;;+2/p-2. The molecule has 0 aliphatic carbocycles. The van der Waals surface area contributed by atoms with Crippen LogP contribution in [-0.2, 0) is 13.2 Å². The molecule has 0 bridgehead atoms. The zero-order valence-corrected chi connectivity index (χ0v) is 12.6. The Morgan fingerprint density at radius 3 is 1.91 bits per heavy atom. The van der Waals surface area contributed by atoms with Crippen LogP contribution in [0.4, 0.5) is 0 Å². The molecule has 0 heterocycles. The summed E-state index contributed by atoms with van der Waals surface area (Å²) in [4.78, 5) is 0. The Morgan fingerprint density at radius 1 is 1.18 bits per heavy atom. The molecule has 0 N–H and O–H groups in total. The van der Waals surface area contributed by atoms with Gasteiger partial charge in [0, 0.05) is 0 Å². The molecule has 0 aromatic heterocycles. The Bertz CT molecular complexity index is 165. The first-order valence-corrected chi connectivity index (χ1v) is 17.2. The molecular weight excluding hydrogens is 321 g/mol. The quantitative estimate of drug-likeness (QED) is 0.684. The fourth-order valence-electron chi connectivity index (χ4n) is 0.645. The van der Waals surface area contributed by atoms with E-state index in [4.69, 9.17) is 0 Å². The monoisotopic (exact) mass is 327 g/mol. The molecule has 0 nitrogen and oxygen atoms in total. The van der Waals surface area contributed by atoms with Crippen molar-refractivity contribution in [2.75, 3.05) is 0 Å². The van der Waals surface area contributed by atoms with Crippen molar-refractivity contribution in [1.29, 1.82) is 0 Å². The fourth-order valence-corrected chi connectivity index (χ4v) is 0.645. The van der Waals surface area contributed by atoms with Crippen molar-refractivity contribution < 1.29 is 13.2 Å². The summed E-state index contributed by atoms with van der Waals surface area (Å²) in [6.45, 7) is 2.04. The van der Waals surface area contributed by atoms with Crippen LogP contribution in [-0.4, -0.2) is 0 Å². The van der Waals surface area contributed by atoms with Crippen LogP contribution in [0.3, 0.4) is 0 Å². The Hall–Kier alpha value is 0.803. The van der Waals surface area contributed by atoms with Gasteiger partial charge >= 0.3 is 40.5 Å². The van der Waals surface area contributed by atoms with Gasteiger partial charge in [0.25, 0.3) is 0 Å². The summed E-state index contributed by atoms with van der Waals surface area (Å²) in [5.41, 5.74) is 1.28. The molecule has 0 aliphatic heterocycles. The number of halogens is 2. The van der Waals surface area contributed by atoms with Gasteiger partial charge in [0.1, 0.15) is 0 Å². The van der Waals surface area contributed by atoms with E-state index in [9.17, 15) is 0 Å². The molecule has 0 amide bonds. The molecule has 0 aliphatic rings. The van der Waals surface area contributed by atoms with Crippen molar-refractivity contribution in [1.82, 2.24) is 0 Å². The zero-order valence-electron chi connectivity index (χ0n) is 6.43. The summed E-state index contributed by atoms with van der Waals surface area (Å²) in [7, 11) is 0. The summed E-state index contributed by atoms with van der Waals surface area (Å²) in [6.07, 6.45) is 2.08. The molecular formula is C8H9Br2Zn. The molecule has 0 spiro atoms. The van der Waals surface area contributed by atoms with E-state index in [0.29, 0.717) is 0 Å². The van der Waals surface area contributed by atoms with E-state index in [1.807, 2.05) is 25.1 Å². The van der Waals surface area contributed by atoms with E-state index < -0.39 is 0 Å². The van der Waals surface area contributed by atoms with E-state index >= 15 is 0 Å². The summed E-state index contributed by atoms with van der Waals surface area (Å²) in [5, 5.41) is 0. The second-order valence-electron chi connectivity index (χ2n) is 1.80. The second-order valence-corrected chi connectivity index (χ2v) is 15.9. The van der Waals surface area contributed by atoms with E-state index in [1.54, 1.807) is 0 Å². The van der Waals surface area contributed by atoms with Gasteiger partial charge in [-0.25, -0.2) is 0 Å². The van der Waals surface area contributed by atoms with Crippen molar-refractivity contribution in [2.24, 2.45) is 0 Å². The molecule has 0 fully saturated rings. The van der Waals surface area contributed by atoms with E-state index in [1.165, 1.54) is 5.56 Å². The average Bonchev–Trinajstić information content (AvgIpc) is 2.08. The maximum absolute atomic E-state index is 3.25. The number of hydrogen-bond donors (Lipinski definition) is 0. The number of hydrogen-bond acceptors (Lipinski definition) is 0. The fraction of sp³-hybridized carbons (Fsp3) is 0.125. The van der Waals surface area contributed by atoms with Gasteiger partial charge in [-0.15, -0.1) is 0 Å². The van der Waals surface area contributed by atoms with Gasteiger partial charge in [-0.2, -0.15) is 0 Å². The van der Waals surface area contributed by atoms with Crippen LogP contribution in [0.2, 0.25) is 0 Å². The number of benzene rings is 1. The Balaban J connectivity index is 0.000000292. The normalized spacial score (nSPS) is 7.55. The third-order valence-corrected chi connectivity index (χ3v) is 1.13. The molecule has 1 aromatic rings. The summed E-state index contributed by atoms with van der Waals surface area (Å²) >= 11 is 6.25. The summed E-state index contributed by atoms with van der Waals surface area (Å²) < 4.78 is 0. The van der Waals surface area contributed by atoms with Crippen LogP contribution in [0, 0.1) is 6.42 Å². The van der Waals surface area contributed by atoms with Crippen molar-refractivity contribution in [3.05, 3.63) is 42.3 Å². The Labute approximate surface area is 89.1 Å². The van der Waals surface area contributed by atoms with Crippen LogP contribution in [0.25, 0.3) is 0 Å². The van der Waals surface area contributed by atoms with E-state index in [0.717, 1.165) is 0 Å². The Kier molecular flexibility index (Phi) is 9.55. The van der Waals surface area contributed by atoms with Crippen LogP contribution in [0.5, 0.6) is 0 Å². The zero-order chi connectivity index (χ0) is 8.53. The third-order valence-electron chi connectivity index (χ3n) is 1.13. The Morgan fingerprint density at radius 2 is 1.64 bits per heavy atom. The van der Waals surface area contributed by atoms with Gasteiger partial charge < -0.3 is 0 Å². The second kappa shape index (κ2) is 8.90. The van der Waals surface area contributed by atoms with Crippen LogP contribution in [0.1, 0.15) is 12.5 Å². The summed E-state index contributed by atoms with van der Waals surface area (Å²) in [5.74, 6) is 0. The van der Waals surface area contributed by atoms with Crippen molar-refractivity contribution in [2.45, 2.75) is 6.92 Å². The first-order valence-electron chi connectivity index (χ1n) is 3.31. The van der Waals surface area contributed by atoms with Crippen molar-refractivity contribution in [3.63, 3.8) is 0 Å². The van der Waals surface area contributed by atoms with Crippen LogP contribution in [0.15, 0.2) is 30.3 Å². The van der Waals surface area contributed by atoms with Crippen LogP contribution >= 0.6 is 27.2 Å². The first kappa shape index (κ1) is 11.8. The molecule has 1 radical (unpaired) electrons. The molecule has 57 valence electrons. The average molecular weight is 330 g/mol. The van der Waals surface area contributed by atoms with Crippen molar-refractivity contribution in [3.8, 4) is 0 Å². The minimum atomic E-state index is -0.250. The topological polar surface area (TPSA) is 0 Å². The molecule has 11 heavy (non-hydrogen) atoms. The molecule has 3 heteroatoms. The maximum atomic E-state index is 3.25. The van der Waals surface area contributed by atoms with Crippen molar-refractivity contribution >= 4 is 27.2 Å². The third kappa shape index (κ3) is 7.17. The van der Waals surface area contributed by atoms with Crippen LogP contribution < -0.4 is 0 Å². The molecule has 0 unspecified atom stereocenters. The summed E-state index contributed by atoms with van der Waals surface area (Å²) in [6, 6.07) is 10.3. The number of rotatable bonds is 1. The minimum absolute atomic E-state index is 0.250. The first-order chi connectivity index (χ1) is 5.35. The van der Waals surface area contributed by atoms with Gasteiger partial charge in [-0.3, -0.25) is 0 Å². The SMILES string of the molecule is C[CH]c1ccccc1.[Br][Zn][Br]. The molecule has 1 aromatic carbocycles. The molecule has 0 saturated carbocycles.